The summed E-state index contributed by atoms with van der Waals surface area (Å²) >= 11 is 6.81. The Labute approximate surface area is 67.4 Å². The highest BCUT2D eigenvalue weighted by Gasteiger charge is 2.01. The zero-order valence-corrected chi connectivity index (χ0v) is 6.54. The van der Waals surface area contributed by atoms with Crippen molar-refractivity contribution in [2.75, 3.05) is 0 Å². The Morgan fingerprint density at radius 3 is 3.00 bits per heavy atom. The second-order valence-electron chi connectivity index (χ2n) is 1.58. The summed E-state index contributed by atoms with van der Waals surface area (Å²) < 4.78 is 0.436. The summed E-state index contributed by atoms with van der Waals surface area (Å²) in [5.41, 5.74) is 0.917. The van der Waals surface area contributed by atoms with E-state index in [1.54, 1.807) is 5.38 Å². The molecule has 1 aromatic heterocycles. The smallest absolute Gasteiger partial charge is 0.184 e. The van der Waals surface area contributed by atoms with Crippen LogP contribution in [0.4, 0.5) is 0 Å². The minimum atomic E-state index is 0.350. The average Bonchev–Trinajstić information content (AvgIpc) is 2.34. The third-order valence-electron chi connectivity index (χ3n) is 0.920. The molecule has 0 aliphatic rings. The summed E-state index contributed by atoms with van der Waals surface area (Å²) in [7, 11) is 0. The van der Waals surface area contributed by atoms with Gasteiger partial charge in [0.25, 0.3) is 0 Å². The zero-order chi connectivity index (χ0) is 7.56. The number of nitrogens with zero attached hydrogens (tertiary/aromatic N) is 2. The van der Waals surface area contributed by atoms with Gasteiger partial charge in [0.2, 0.25) is 0 Å². The van der Waals surface area contributed by atoms with Crippen LogP contribution in [0.2, 0.25) is 4.47 Å². The first-order valence-electron chi connectivity index (χ1n) is 2.44. The molecule has 0 atom stereocenters. The quantitative estimate of drug-likeness (QED) is 0.607. The van der Waals surface area contributed by atoms with E-state index in [1.807, 2.05) is 6.07 Å². The molecule has 1 heterocycles. The topological polar surface area (TPSA) is 36.7 Å². The van der Waals surface area contributed by atoms with Crippen LogP contribution < -0.4 is 0 Å². The number of hydrogen-bond donors (Lipinski definition) is 0. The Balaban J connectivity index is 2.98. The maximum Gasteiger partial charge on any atom is 0.184 e. The lowest BCUT2D eigenvalue weighted by atomic mass is 10.3. The molecular formula is C6H3ClN2S. The molecule has 0 saturated carbocycles. The maximum atomic E-state index is 8.37. The number of allylic oxidation sites excluding steroid dienone is 1. The van der Waals surface area contributed by atoms with Crippen molar-refractivity contribution in [1.29, 1.82) is 5.26 Å². The molecule has 0 amide bonds. The van der Waals surface area contributed by atoms with Gasteiger partial charge >= 0.3 is 0 Å². The molecule has 1 aromatic rings. The fourth-order valence-electron chi connectivity index (χ4n) is 0.448. The average molecular weight is 171 g/mol. The molecule has 0 unspecified atom stereocenters. The predicted molar refractivity (Wildman–Crippen MR) is 41.8 cm³/mol. The third-order valence-corrected chi connectivity index (χ3v) is 1.90. The van der Waals surface area contributed by atoms with Crippen LogP contribution in [0.3, 0.4) is 0 Å². The van der Waals surface area contributed by atoms with E-state index in [2.05, 4.69) is 11.6 Å². The van der Waals surface area contributed by atoms with Gasteiger partial charge in [0.05, 0.1) is 11.3 Å². The molecule has 0 aromatic carbocycles. The number of thiazole rings is 1. The van der Waals surface area contributed by atoms with Gasteiger partial charge in [0, 0.05) is 5.38 Å². The van der Waals surface area contributed by atoms with Crippen molar-refractivity contribution in [3.05, 3.63) is 22.1 Å². The van der Waals surface area contributed by atoms with E-state index in [1.165, 1.54) is 11.3 Å². The fourth-order valence-corrected chi connectivity index (χ4v) is 1.23. The molecule has 0 radical (unpaired) electrons. The van der Waals surface area contributed by atoms with Gasteiger partial charge < -0.3 is 0 Å². The van der Waals surface area contributed by atoms with E-state index in [-0.39, 0.29) is 0 Å². The van der Waals surface area contributed by atoms with Crippen LogP contribution in [0.25, 0.3) is 5.57 Å². The van der Waals surface area contributed by atoms with E-state index in [0.717, 1.165) is 0 Å². The van der Waals surface area contributed by atoms with Crippen molar-refractivity contribution in [1.82, 2.24) is 4.98 Å². The van der Waals surface area contributed by atoms with E-state index >= 15 is 0 Å². The van der Waals surface area contributed by atoms with Gasteiger partial charge in [0.1, 0.15) is 6.07 Å². The summed E-state index contributed by atoms with van der Waals surface area (Å²) in [6, 6.07) is 1.89. The Kier molecular flexibility index (Phi) is 2.05. The van der Waals surface area contributed by atoms with E-state index < -0.39 is 0 Å². The van der Waals surface area contributed by atoms with Gasteiger partial charge in [-0.2, -0.15) is 5.26 Å². The highest BCUT2D eigenvalue weighted by atomic mass is 35.5. The van der Waals surface area contributed by atoms with Crippen molar-refractivity contribution < 1.29 is 0 Å². The van der Waals surface area contributed by atoms with Crippen LogP contribution >= 0.6 is 22.9 Å². The van der Waals surface area contributed by atoms with Crippen LogP contribution in [0.1, 0.15) is 5.69 Å². The van der Waals surface area contributed by atoms with Gasteiger partial charge in [-0.25, -0.2) is 4.98 Å². The molecule has 2 nitrogen and oxygen atoms in total. The molecular weight excluding hydrogens is 168 g/mol. The molecule has 0 N–H and O–H groups in total. The lowest BCUT2D eigenvalue weighted by molar-refractivity contribution is 1.36. The zero-order valence-electron chi connectivity index (χ0n) is 4.97. The second kappa shape index (κ2) is 2.82. The molecule has 0 bridgehead atoms. The first-order chi connectivity index (χ1) is 4.74. The number of nitriles is 1. The SMILES string of the molecule is C=C(C#N)c1csc(Cl)n1. The molecule has 0 aliphatic carbocycles. The fraction of sp³-hybridized carbons (Fsp3) is 0. The third kappa shape index (κ3) is 1.35. The Hall–Kier alpha value is -0.850. The molecule has 50 valence electrons. The van der Waals surface area contributed by atoms with Gasteiger partial charge in [-0.3, -0.25) is 0 Å². The van der Waals surface area contributed by atoms with E-state index in [4.69, 9.17) is 16.9 Å². The van der Waals surface area contributed by atoms with Crippen LogP contribution in [0.5, 0.6) is 0 Å². The van der Waals surface area contributed by atoms with Crippen LogP contribution in [0.15, 0.2) is 12.0 Å². The molecule has 10 heavy (non-hydrogen) atoms. The highest BCUT2D eigenvalue weighted by molar-refractivity contribution is 7.14. The first-order valence-corrected chi connectivity index (χ1v) is 3.70. The normalized spacial score (nSPS) is 8.80. The summed E-state index contributed by atoms with van der Waals surface area (Å²) in [5, 5.41) is 10.1. The minimum Gasteiger partial charge on any atom is -0.224 e. The molecule has 0 spiro atoms. The standard InChI is InChI=1S/C6H3ClN2S/c1-4(2-8)5-3-10-6(7)9-5/h3H,1H2. The van der Waals surface area contributed by atoms with E-state index in [9.17, 15) is 0 Å². The summed E-state index contributed by atoms with van der Waals surface area (Å²) in [6.07, 6.45) is 0. The van der Waals surface area contributed by atoms with Crippen LogP contribution in [-0.2, 0) is 0 Å². The van der Waals surface area contributed by atoms with Gasteiger partial charge in [-0.05, 0) is 0 Å². The Morgan fingerprint density at radius 1 is 1.90 bits per heavy atom. The first kappa shape index (κ1) is 7.26. The Morgan fingerprint density at radius 2 is 2.60 bits per heavy atom. The van der Waals surface area contributed by atoms with Crippen molar-refractivity contribution in [3.63, 3.8) is 0 Å². The van der Waals surface area contributed by atoms with Crippen LogP contribution in [0, 0.1) is 11.3 Å². The molecule has 0 aliphatic heterocycles. The number of rotatable bonds is 1. The van der Waals surface area contributed by atoms with Crippen molar-refractivity contribution >= 4 is 28.5 Å². The van der Waals surface area contributed by atoms with Gasteiger partial charge in [-0.1, -0.05) is 18.2 Å². The number of hydrogen-bond acceptors (Lipinski definition) is 3. The summed E-state index contributed by atoms with van der Waals surface area (Å²) in [4.78, 5) is 3.84. The molecule has 1 rings (SSSR count). The summed E-state index contributed by atoms with van der Waals surface area (Å²) in [6.45, 7) is 3.48. The maximum absolute atomic E-state index is 8.37. The highest BCUT2D eigenvalue weighted by Crippen LogP contribution is 2.19. The predicted octanol–water partition coefficient (Wildman–Crippen LogP) is 2.33. The van der Waals surface area contributed by atoms with E-state index in [0.29, 0.717) is 15.7 Å². The molecule has 0 fully saturated rings. The van der Waals surface area contributed by atoms with Crippen molar-refractivity contribution in [3.8, 4) is 6.07 Å². The monoisotopic (exact) mass is 170 g/mol. The Bertz CT molecular complexity index is 297. The minimum absolute atomic E-state index is 0.350. The van der Waals surface area contributed by atoms with Gasteiger partial charge in [-0.15, -0.1) is 11.3 Å². The number of aromatic nitrogens is 1. The molecule has 0 saturated heterocycles. The van der Waals surface area contributed by atoms with Crippen molar-refractivity contribution in [2.45, 2.75) is 0 Å². The number of halogens is 1. The van der Waals surface area contributed by atoms with Gasteiger partial charge in [0.15, 0.2) is 4.47 Å². The largest absolute Gasteiger partial charge is 0.224 e. The van der Waals surface area contributed by atoms with Crippen LogP contribution in [-0.4, -0.2) is 4.98 Å². The second-order valence-corrected chi connectivity index (χ2v) is 3.02. The molecule has 4 heteroatoms. The lowest BCUT2D eigenvalue weighted by Crippen LogP contribution is -1.76. The summed E-state index contributed by atoms with van der Waals surface area (Å²) in [5.74, 6) is 0. The lowest BCUT2D eigenvalue weighted by Gasteiger charge is -1.82. The van der Waals surface area contributed by atoms with Crippen molar-refractivity contribution in [2.24, 2.45) is 0 Å².